The van der Waals surface area contributed by atoms with Crippen LogP contribution >= 0.6 is 0 Å². The molecule has 1 aliphatic carbocycles. The first kappa shape index (κ1) is 20.9. The average Bonchev–Trinajstić information content (AvgIpc) is 3.22. The van der Waals surface area contributed by atoms with Crippen LogP contribution in [0.25, 0.3) is 10.9 Å². The monoisotopic (exact) mass is 433 g/mol. The first-order chi connectivity index (χ1) is 15.7. The van der Waals surface area contributed by atoms with Gasteiger partial charge in [-0.3, -0.25) is 9.69 Å². The van der Waals surface area contributed by atoms with Crippen molar-refractivity contribution in [3.8, 4) is 11.5 Å². The number of piperazine rings is 1. The topological polar surface area (TPSA) is 57.8 Å². The smallest absolute Gasteiger partial charge is 0.253 e. The molecule has 0 unspecified atom stereocenters. The van der Waals surface area contributed by atoms with Gasteiger partial charge < -0.3 is 19.4 Å². The number of amides is 1. The van der Waals surface area contributed by atoms with Crippen molar-refractivity contribution in [2.24, 2.45) is 0 Å². The molecule has 1 aromatic heterocycles. The molecule has 0 saturated carbocycles. The highest BCUT2D eigenvalue weighted by Gasteiger charge is 2.24. The number of aryl methyl sites for hydroxylation is 2. The summed E-state index contributed by atoms with van der Waals surface area (Å²) < 4.78 is 10.9. The lowest BCUT2D eigenvalue weighted by molar-refractivity contribution is 0.0627. The minimum Gasteiger partial charge on any atom is -0.497 e. The van der Waals surface area contributed by atoms with Crippen LogP contribution in [0.5, 0.6) is 11.5 Å². The summed E-state index contributed by atoms with van der Waals surface area (Å²) in [5, 5.41) is 1.23. The zero-order valence-corrected chi connectivity index (χ0v) is 18.9. The molecule has 3 aromatic rings. The van der Waals surface area contributed by atoms with Gasteiger partial charge in [-0.05, 0) is 67.6 Å². The van der Waals surface area contributed by atoms with Gasteiger partial charge in [0.1, 0.15) is 11.5 Å². The lowest BCUT2D eigenvalue weighted by Gasteiger charge is -2.35. The summed E-state index contributed by atoms with van der Waals surface area (Å²) in [4.78, 5) is 21.2. The zero-order chi connectivity index (χ0) is 22.1. The van der Waals surface area contributed by atoms with Gasteiger partial charge in [-0.25, -0.2) is 0 Å². The van der Waals surface area contributed by atoms with Crippen molar-refractivity contribution in [2.75, 3.05) is 40.4 Å². The Morgan fingerprint density at radius 2 is 1.78 bits per heavy atom. The molecule has 6 heteroatoms. The van der Waals surface area contributed by atoms with Gasteiger partial charge in [0.25, 0.3) is 5.91 Å². The predicted molar refractivity (Wildman–Crippen MR) is 126 cm³/mol. The summed E-state index contributed by atoms with van der Waals surface area (Å²) in [6, 6.07) is 12.0. The van der Waals surface area contributed by atoms with Crippen LogP contribution in [-0.4, -0.2) is 61.1 Å². The van der Waals surface area contributed by atoms with E-state index in [0.29, 0.717) is 0 Å². The number of nitrogens with one attached hydrogen (secondary N) is 1. The Morgan fingerprint density at radius 1 is 0.969 bits per heavy atom. The zero-order valence-electron chi connectivity index (χ0n) is 18.9. The number of benzene rings is 2. The average molecular weight is 434 g/mol. The Labute approximate surface area is 189 Å². The number of ether oxygens (including phenoxy) is 2. The summed E-state index contributed by atoms with van der Waals surface area (Å²) in [6.45, 7) is 3.93. The van der Waals surface area contributed by atoms with Gasteiger partial charge in [0.05, 0.1) is 14.2 Å². The van der Waals surface area contributed by atoms with Gasteiger partial charge >= 0.3 is 0 Å². The van der Waals surface area contributed by atoms with Gasteiger partial charge in [0.2, 0.25) is 0 Å². The molecule has 5 rings (SSSR count). The fourth-order valence-electron chi connectivity index (χ4n) is 5.08. The van der Waals surface area contributed by atoms with E-state index in [1.165, 1.54) is 29.5 Å². The summed E-state index contributed by atoms with van der Waals surface area (Å²) in [7, 11) is 3.37. The number of aromatic amines is 1. The van der Waals surface area contributed by atoms with Crippen molar-refractivity contribution >= 4 is 16.8 Å². The Bertz CT molecular complexity index is 1130. The normalized spacial score (nSPS) is 16.8. The number of hydrogen-bond donors (Lipinski definition) is 1. The number of nitrogens with zero attached hydrogens (tertiary/aromatic N) is 2. The molecule has 0 atom stereocenters. The number of fused-ring (bicyclic) bond motifs is 3. The fourth-order valence-corrected chi connectivity index (χ4v) is 5.08. The summed E-state index contributed by atoms with van der Waals surface area (Å²) in [5.74, 6) is 1.83. The van der Waals surface area contributed by atoms with E-state index in [-0.39, 0.29) is 5.91 Å². The van der Waals surface area contributed by atoms with E-state index in [0.717, 1.165) is 73.7 Å². The molecule has 1 amide bonds. The number of carbonyl (C=O) groups is 1. The van der Waals surface area contributed by atoms with Crippen LogP contribution in [0, 0.1) is 0 Å². The van der Waals surface area contributed by atoms with Crippen molar-refractivity contribution in [3.63, 3.8) is 0 Å². The second-order valence-electron chi connectivity index (χ2n) is 8.80. The first-order valence-electron chi connectivity index (χ1n) is 11.5. The molecule has 168 valence electrons. The van der Waals surface area contributed by atoms with Crippen LogP contribution in [0.2, 0.25) is 0 Å². The van der Waals surface area contributed by atoms with E-state index >= 15 is 0 Å². The van der Waals surface area contributed by atoms with E-state index in [1.807, 2.05) is 29.2 Å². The predicted octanol–water partition coefficient (Wildman–Crippen LogP) is 4.02. The lowest BCUT2D eigenvalue weighted by Crippen LogP contribution is -2.48. The number of aromatic nitrogens is 1. The Hall–Kier alpha value is -2.99. The number of H-pyrrole nitrogens is 1. The maximum atomic E-state index is 13.2. The van der Waals surface area contributed by atoms with Gasteiger partial charge in [0.15, 0.2) is 0 Å². The molecule has 0 bridgehead atoms. The molecule has 1 aliphatic heterocycles. The van der Waals surface area contributed by atoms with Crippen LogP contribution in [0.4, 0.5) is 0 Å². The molecule has 1 fully saturated rings. The van der Waals surface area contributed by atoms with Crippen LogP contribution < -0.4 is 9.47 Å². The molecule has 32 heavy (non-hydrogen) atoms. The van der Waals surface area contributed by atoms with E-state index in [4.69, 9.17) is 9.47 Å². The van der Waals surface area contributed by atoms with Crippen LogP contribution in [-0.2, 0) is 19.4 Å². The third-order valence-electron chi connectivity index (χ3n) is 6.89. The van der Waals surface area contributed by atoms with Gasteiger partial charge in [0, 0.05) is 60.4 Å². The number of hydrogen-bond acceptors (Lipinski definition) is 4. The second-order valence-corrected chi connectivity index (χ2v) is 8.80. The highest BCUT2D eigenvalue weighted by molar-refractivity contribution is 5.99. The van der Waals surface area contributed by atoms with E-state index in [1.54, 1.807) is 14.2 Å². The Morgan fingerprint density at radius 3 is 2.56 bits per heavy atom. The van der Waals surface area contributed by atoms with Crippen molar-refractivity contribution in [1.82, 2.24) is 14.8 Å². The molecule has 6 nitrogen and oxygen atoms in total. The molecule has 1 saturated heterocycles. The molecule has 1 N–H and O–H groups in total. The van der Waals surface area contributed by atoms with Crippen molar-refractivity contribution in [1.29, 1.82) is 0 Å². The summed E-state index contributed by atoms with van der Waals surface area (Å²) in [5.41, 5.74) is 5.84. The van der Waals surface area contributed by atoms with Crippen molar-refractivity contribution in [2.45, 2.75) is 32.2 Å². The summed E-state index contributed by atoms with van der Waals surface area (Å²) in [6.07, 6.45) is 4.71. The molecule has 2 aromatic carbocycles. The maximum Gasteiger partial charge on any atom is 0.253 e. The highest BCUT2D eigenvalue weighted by atomic mass is 16.5. The van der Waals surface area contributed by atoms with Crippen molar-refractivity contribution < 1.29 is 14.3 Å². The van der Waals surface area contributed by atoms with Gasteiger partial charge in [-0.1, -0.05) is 0 Å². The molecular formula is C26H31N3O3. The Balaban J connectivity index is 1.26. The largest absolute Gasteiger partial charge is 0.497 e. The van der Waals surface area contributed by atoms with Crippen molar-refractivity contribution in [3.05, 3.63) is 58.8 Å². The minimum absolute atomic E-state index is 0.135. The highest BCUT2D eigenvalue weighted by Crippen LogP contribution is 2.30. The third-order valence-corrected chi connectivity index (χ3v) is 6.89. The maximum absolute atomic E-state index is 13.2. The van der Waals surface area contributed by atoms with E-state index in [9.17, 15) is 4.79 Å². The quantitative estimate of drug-likeness (QED) is 0.660. The van der Waals surface area contributed by atoms with E-state index < -0.39 is 0 Å². The van der Waals surface area contributed by atoms with Gasteiger partial charge in [-0.15, -0.1) is 0 Å². The molecular weight excluding hydrogens is 402 g/mol. The first-order valence-corrected chi connectivity index (χ1v) is 11.5. The summed E-state index contributed by atoms with van der Waals surface area (Å²) >= 11 is 0. The Kier molecular flexibility index (Phi) is 5.79. The SMILES string of the molecule is COc1ccc(OC)c(CN2CCN(C(=O)c3ccc4[nH]c5c(c4c3)CCCC5)CC2)c1. The standard InChI is InChI=1S/C26H31N3O3/c1-31-20-8-10-25(32-2)19(15-20)17-28-11-13-29(14-12-28)26(30)18-7-9-24-22(16-18)21-5-3-4-6-23(21)27-24/h7-10,15-16,27H,3-6,11-14,17H2,1-2H3. The second kappa shape index (κ2) is 8.87. The molecule has 0 spiro atoms. The molecule has 2 aliphatic rings. The molecule has 0 radical (unpaired) electrons. The van der Waals surface area contributed by atoms with Crippen LogP contribution in [0.1, 0.15) is 40.0 Å². The fraction of sp³-hybridized carbons (Fsp3) is 0.423. The lowest BCUT2D eigenvalue weighted by atomic mass is 9.95. The van der Waals surface area contributed by atoms with E-state index in [2.05, 4.69) is 22.0 Å². The third kappa shape index (κ3) is 3.95. The molecule has 2 heterocycles. The van der Waals surface area contributed by atoms with Gasteiger partial charge in [-0.2, -0.15) is 0 Å². The van der Waals surface area contributed by atoms with Crippen LogP contribution in [0.15, 0.2) is 36.4 Å². The number of carbonyl (C=O) groups excluding carboxylic acids is 1. The number of rotatable bonds is 5. The van der Waals surface area contributed by atoms with Crippen LogP contribution in [0.3, 0.4) is 0 Å². The number of methoxy groups -OCH3 is 2. The minimum atomic E-state index is 0.135.